The van der Waals surface area contributed by atoms with E-state index in [2.05, 4.69) is 12.2 Å². The zero-order valence-corrected chi connectivity index (χ0v) is 18.3. The lowest BCUT2D eigenvalue weighted by Crippen LogP contribution is -2.37. The number of para-hydroxylation sites is 1. The van der Waals surface area contributed by atoms with Gasteiger partial charge in [0.1, 0.15) is 0 Å². The Balaban J connectivity index is 1.39. The molecular formula is C23H27N3O4S. The SMILES string of the molecule is CC1CCN(S(=O)(=O)c2ccc(NC(=O)[C@@H]3CC(=O)N(c4ccccc4)C3)cc2)CC1. The minimum atomic E-state index is -3.52. The number of hydrogen-bond donors (Lipinski definition) is 1. The molecule has 31 heavy (non-hydrogen) atoms. The number of hydrogen-bond acceptors (Lipinski definition) is 4. The van der Waals surface area contributed by atoms with E-state index in [1.165, 1.54) is 16.4 Å². The Morgan fingerprint density at radius 3 is 2.29 bits per heavy atom. The first kappa shape index (κ1) is 21.5. The van der Waals surface area contributed by atoms with E-state index in [0.29, 0.717) is 31.2 Å². The van der Waals surface area contributed by atoms with E-state index in [-0.39, 0.29) is 23.1 Å². The summed E-state index contributed by atoms with van der Waals surface area (Å²) in [5, 5.41) is 2.81. The summed E-state index contributed by atoms with van der Waals surface area (Å²) in [6, 6.07) is 15.5. The fraction of sp³-hybridized carbons (Fsp3) is 0.391. The van der Waals surface area contributed by atoms with Gasteiger partial charge in [0.2, 0.25) is 21.8 Å². The fourth-order valence-corrected chi connectivity index (χ4v) is 5.54. The summed E-state index contributed by atoms with van der Waals surface area (Å²) < 4.78 is 27.2. The van der Waals surface area contributed by atoms with Crippen molar-refractivity contribution < 1.29 is 18.0 Å². The largest absolute Gasteiger partial charge is 0.326 e. The molecule has 4 rings (SSSR count). The lowest BCUT2D eigenvalue weighted by Gasteiger charge is -2.29. The van der Waals surface area contributed by atoms with Crippen molar-refractivity contribution in [2.24, 2.45) is 11.8 Å². The van der Waals surface area contributed by atoms with Crippen LogP contribution in [0.5, 0.6) is 0 Å². The van der Waals surface area contributed by atoms with Crippen LogP contribution >= 0.6 is 0 Å². The molecule has 0 saturated carbocycles. The molecule has 0 bridgehead atoms. The van der Waals surface area contributed by atoms with Gasteiger partial charge in [-0.3, -0.25) is 9.59 Å². The number of rotatable bonds is 5. The Morgan fingerprint density at radius 2 is 1.65 bits per heavy atom. The summed E-state index contributed by atoms with van der Waals surface area (Å²) in [6.45, 7) is 3.54. The van der Waals surface area contributed by atoms with Crippen LogP contribution in [-0.2, 0) is 19.6 Å². The van der Waals surface area contributed by atoms with E-state index < -0.39 is 15.9 Å². The highest BCUT2D eigenvalue weighted by atomic mass is 32.2. The summed E-state index contributed by atoms with van der Waals surface area (Å²) >= 11 is 0. The monoisotopic (exact) mass is 441 g/mol. The Kier molecular flexibility index (Phi) is 6.11. The third-order valence-corrected chi connectivity index (χ3v) is 7.98. The van der Waals surface area contributed by atoms with E-state index in [1.54, 1.807) is 17.0 Å². The minimum absolute atomic E-state index is 0.0800. The summed E-state index contributed by atoms with van der Waals surface area (Å²) in [6.07, 6.45) is 1.89. The first-order valence-corrected chi connectivity index (χ1v) is 12.0. The van der Waals surface area contributed by atoms with E-state index in [0.717, 1.165) is 18.5 Å². The van der Waals surface area contributed by atoms with Crippen LogP contribution in [0.3, 0.4) is 0 Å². The highest BCUT2D eigenvalue weighted by molar-refractivity contribution is 7.89. The fourth-order valence-electron chi connectivity index (χ4n) is 4.07. The van der Waals surface area contributed by atoms with Crippen molar-refractivity contribution in [2.45, 2.75) is 31.1 Å². The molecule has 2 aromatic rings. The zero-order chi connectivity index (χ0) is 22.0. The normalized spacial score (nSPS) is 20.7. The molecule has 0 aliphatic carbocycles. The van der Waals surface area contributed by atoms with Crippen LogP contribution in [0.25, 0.3) is 0 Å². The zero-order valence-electron chi connectivity index (χ0n) is 17.5. The molecule has 7 nitrogen and oxygen atoms in total. The van der Waals surface area contributed by atoms with Gasteiger partial charge in [-0.1, -0.05) is 25.1 Å². The Hall–Kier alpha value is -2.71. The maximum Gasteiger partial charge on any atom is 0.243 e. The number of carbonyl (C=O) groups excluding carboxylic acids is 2. The molecule has 2 aliphatic rings. The van der Waals surface area contributed by atoms with Crippen molar-refractivity contribution in [3.05, 3.63) is 54.6 Å². The van der Waals surface area contributed by atoms with Gasteiger partial charge in [0, 0.05) is 37.4 Å². The van der Waals surface area contributed by atoms with Crippen molar-refractivity contribution in [1.29, 1.82) is 0 Å². The number of nitrogens with one attached hydrogen (secondary N) is 1. The first-order chi connectivity index (χ1) is 14.8. The average Bonchev–Trinajstić information content (AvgIpc) is 3.17. The molecule has 0 radical (unpaired) electrons. The molecule has 2 heterocycles. The molecular weight excluding hydrogens is 414 g/mol. The molecule has 0 spiro atoms. The van der Waals surface area contributed by atoms with Gasteiger partial charge in [0.25, 0.3) is 0 Å². The summed E-state index contributed by atoms with van der Waals surface area (Å²) in [5.41, 5.74) is 1.30. The van der Waals surface area contributed by atoms with Crippen molar-refractivity contribution in [3.63, 3.8) is 0 Å². The Bertz CT molecular complexity index is 1050. The molecule has 1 atom stereocenters. The van der Waals surface area contributed by atoms with Crippen LogP contribution in [0.1, 0.15) is 26.2 Å². The van der Waals surface area contributed by atoms with Gasteiger partial charge >= 0.3 is 0 Å². The second-order valence-corrected chi connectivity index (χ2v) is 10.3. The molecule has 2 aliphatic heterocycles. The smallest absolute Gasteiger partial charge is 0.243 e. The third kappa shape index (κ3) is 4.65. The van der Waals surface area contributed by atoms with E-state index >= 15 is 0 Å². The lowest BCUT2D eigenvalue weighted by atomic mass is 10.0. The second kappa shape index (κ2) is 8.80. The number of benzene rings is 2. The number of piperidine rings is 1. The quantitative estimate of drug-likeness (QED) is 0.773. The summed E-state index contributed by atoms with van der Waals surface area (Å²) in [4.78, 5) is 26.9. The summed E-state index contributed by atoms with van der Waals surface area (Å²) in [5.74, 6) is -0.230. The lowest BCUT2D eigenvalue weighted by molar-refractivity contribution is -0.122. The number of amides is 2. The molecule has 1 N–H and O–H groups in total. The average molecular weight is 442 g/mol. The topological polar surface area (TPSA) is 86.8 Å². The van der Waals surface area contributed by atoms with E-state index in [1.807, 2.05) is 30.3 Å². The van der Waals surface area contributed by atoms with Crippen LogP contribution in [0.2, 0.25) is 0 Å². The van der Waals surface area contributed by atoms with E-state index in [4.69, 9.17) is 0 Å². The maximum atomic E-state index is 12.8. The van der Waals surface area contributed by atoms with Crippen LogP contribution in [-0.4, -0.2) is 44.2 Å². The van der Waals surface area contributed by atoms with Gasteiger partial charge in [0.05, 0.1) is 10.8 Å². The van der Waals surface area contributed by atoms with E-state index in [9.17, 15) is 18.0 Å². The minimum Gasteiger partial charge on any atom is -0.326 e. The molecule has 2 amide bonds. The van der Waals surface area contributed by atoms with Crippen molar-refractivity contribution in [3.8, 4) is 0 Å². The van der Waals surface area contributed by atoms with Gasteiger partial charge in [-0.25, -0.2) is 8.42 Å². The number of sulfonamides is 1. The van der Waals surface area contributed by atoms with Crippen LogP contribution < -0.4 is 10.2 Å². The second-order valence-electron chi connectivity index (χ2n) is 8.34. The molecule has 0 unspecified atom stereocenters. The van der Waals surface area contributed by atoms with Gasteiger partial charge in [-0.05, 0) is 55.2 Å². The van der Waals surface area contributed by atoms with Crippen LogP contribution in [0.15, 0.2) is 59.5 Å². The highest BCUT2D eigenvalue weighted by Gasteiger charge is 2.35. The predicted octanol–water partition coefficient (Wildman–Crippen LogP) is 3.10. The predicted molar refractivity (Wildman–Crippen MR) is 119 cm³/mol. The number of carbonyl (C=O) groups is 2. The standard InChI is InChI=1S/C23H27N3O4S/c1-17-11-13-25(14-12-17)31(29,30)21-9-7-19(8-10-21)24-23(28)18-15-22(27)26(16-18)20-5-3-2-4-6-20/h2-10,17-18H,11-16H2,1H3,(H,24,28)/t18-/m1/s1. The van der Waals surface area contributed by atoms with Crippen LogP contribution in [0, 0.1) is 11.8 Å². The van der Waals surface area contributed by atoms with Crippen molar-refractivity contribution in [2.75, 3.05) is 29.9 Å². The third-order valence-electron chi connectivity index (χ3n) is 6.07. The highest BCUT2D eigenvalue weighted by Crippen LogP contribution is 2.27. The van der Waals surface area contributed by atoms with Gasteiger partial charge < -0.3 is 10.2 Å². The van der Waals surface area contributed by atoms with Crippen molar-refractivity contribution >= 4 is 33.2 Å². The molecule has 2 aromatic carbocycles. The van der Waals surface area contributed by atoms with Gasteiger partial charge in [-0.15, -0.1) is 0 Å². The summed E-state index contributed by atoms with van der Waals surface area (Å²) in [7, 11) is -3.52. The Morgan fingerprint density at radius 1 is 1.00 bits per heavy atom. The first-order valence-electron chi connectivity index (χ1n) is 10.6. The molecule has 164 valence electrons. The Labute approximate surface area is 183 Å². The van der Waals surface area contributed by atoms with Crippen LogP contribution in [0.4, 0.5) is 11.4 Å². The maximum absolute atomic E-state index is 12.8. The molecule has 0 aromatic heterocycles. The molecule has 2 fully saturated rings. The van der Waals surface area contributed by atoms with Crippen molar-refractivity contribution in [1.82, 2.24) is 4.31 Å². The van der Waals surface area contributed by atoms with Gasteiger partial charge in [-0.2, -0.15) is 4.31 Å². The number of anilines is 2. The molecule has 8 heteroatoms. The molecule has 2 saturated heterocycles. The van der Waals surface area contributed by atoms with Gasteiger partial charge in [0.15, 0.2) is 0 Å². The number of nitrogens with zero attached hydrogens (tertiary/aromatic N) is 2.